The Morgan fingerprint density at radius 3 is 2.62 bits per heavy atom. The van der Waals surface area contributed by atoms with Crippen LogP contribution in [0.4, 0.5) is 5.82 Å². The van der Waals surface area contributed by atoms with E-state index in [1.54, 1.807) is 24.8 Å². The molecule has 0 saturated carbocycles. The van der Waals surface area contributed by atoms with E-state index in [-0.39, 0.29) is 12.0 Å². The van der Waals surface area contributed by atoms with E-state index in [4.69, 9.17) is 4.74 Å². The van der Waals surface area contributed by atoms with Crippen LogP contribution in [0.25, 0.3) is 0 Å². The molecule has 7 nitrogen and oxygen atoms in total. The Balaban J connectivity index is 1.27. The summed E-state index contributed by atoms with van der Waals surface area (Å²) in [4.78, 5) is 27.3. The number of carbonyl (C=O) groups is 1. The van der Waals surface area contributed by atoms with Crippen molar-refractivity contribution in [1.29, 1.82) is 0 Å². The van der Waals surface area contributed by atoms with Crippen molar-refractivity contribution < 1.29 is 9.53 Å². The number of nitrogens with one attached hydrogen (secondary N) is 1. The summed E-state index contributed by atoms with van der Waals surface area (Å²) in [5.74, 6) is 1.50. The number of aromatic nitrogens is 3. The fourth-order valence-electron chi connectivity index (χ4n) is 3.28. The first-order valence-electron chi connectivity index (χ1n) is 9.74. The molecule has 1 N–H and O–H groups in total. The van der Waals surface area contributed by atoms with Gasteiger partial charge in [0.25, 0.3) is 5.91 Å². The molecule has 0 aromatic carbocycles. The molecule has 0 spiro atoms. The van der Waals surface area contributed by atoms with Gasteiger partial charge in [0.1, 0.15) is 17.7 Å². The lowest BCUT2D eigenvalue weighted by atomic mass is 10.1. The third kappa shape index (κ3) is 5.07. The minimum absolute atomic E-state index is 0.00797. The van der Waals surface area contributed by atoms with Crippen LogP contribution in [0.15, 0.2) is 67.3 Å². The molecule has 148 valence electrons. The second-order valence-corrected chi connectivity index (χ2v) is 6.90. The van der Waals surface area contributed by atoms with Crippen LogP contribution in [0.2, 0.25) is 0 Å². The van der Waals surface area contributed by atoms with E-state index in [0.29, 0.717) is 25.2 Å². The topological polar surface area (TPSA) is 80.2 Å². The number of rotatable bonds is 6. The van der Waals surface area contributed by atoms with Gasteiger partial charge in [-0.05, 0) is 36.4 Å². The highest BCUT2D eigenvalue weighted by molar-refractivity contribution is 5.94. The Morgan fingerprint density at radius 2 is 1.93 bits per heavy atom. The Kier molecular flexibility index (Phi) is 5.95. The van der Waals surface area contributed by atoms with Crippen molar-refractivity contribution in [3.63, 3.8) is 0 Å². The van der Waals surface area contributed by atoms with Gasteiger partial charge >= 0.3 is 0 Å². The number of nitrogens with zero attached hydrogens (tertiary/aromatic N) is 4. The fraction of sp³-hybridized carbons (Fsp3) is 0.273. The van der Waals surface area contributed by atoms with E-state index >= 15 is 0 Å². The highest BCUT2D eigenvalue weighted by Gasteiger charge is 2.25. The summed E-state index contributed by atoms with van der Waals surface area (Å²) in [6.07, 6.45) is 8.54. The largest absolute Gasteiger partial charge is 0.489 e. The van der Waals surface area contributed by atoms with Crippen LogP contribution in [0, 0.1) is 0 Å². The summed E-state index contributed by atoms with van der Waals surface area (Å²) < 4.78 is 5.94. The predicted octanol–water partition coefficient (Wildman–Crippen LogP) is 3.17. The molecule has 1 saturated heterocycles. The number of pyridine rings is 3. The second kappa shape index (κ2) is 9.14. The normalized spacial score (nSPS) is 14.4. The zero-order chi connectivity index (χ0) is 19.9. The monoisotopic (exact) mass is 389 g/mol. The van der Waals surface area contributed by atoms with Gasteiger partial charge in [0.05, 0.1) is 24.0 Å². The Hall–Kier alpha value is -3.48. The first-order valence-corrected chi connectivity index (χ1v) is 9.74. The van der Waals surface area contributed by atoms with Gasteiger partial charge in [0.15, 0.2) is 0 Å². The number of ether oxygens (including phenoxy) is 1. The lowest BCUT2D eigenvalue weighted by Crippen LogP contribution is -2.41. The molecule has 4 heterocycles. The number of carbonyl (C=O) groups excluding carboxylic acids is 1. The van der Waals surface area contributed by atoms with Crippen LogP contribution >= 0.6 is 0 Å². The molecule has 1 aliphatic rings. The second-order valence-electron chi connectivity index (χ2n) is 6.90. The van der Waals surface area contributed by atoms with Crippen molar-refractivity contribution in [3.8, 4) is 5.75 Å². The quantitative estimate of drug-likeness (QED) is 0.698. The Bertz CT molecular complexity index is 911. The average Bonchev–Trinajstić information content (AvgIpc) is 2.79. The lowest BCUT2D eigenvalue weighted by molar-refractivity contribution is 0.0594. The van der Waals surface area contributed by atoms with Crippen LogP contribution in [-0.4, -0.2) is 45.0 Å². The molecule has 1 aliphatic heterocycles. The molecule has 0 bridgehead atoms. The number of amides is 1. The molecule has 3 aromatic heterocycles. The van der Waals surface area contributed by atoms with Crippen molar-refractivity contribution in [2.45, 2.75) is 25.5 Å². The predicted molar refractivity (Wildman–Crippen MR) is 110 cm³/mol. The number of piperidine rings is 1. The third-order valence-corrected chi connectivity index (χ3v) is 4.85. The van der Waals surface area contributed by atoms with E-state index in [2.05, 4.69) is 20.3 Å². The van der Waals surface area contributed by atoms with E-state index in [0.717, 1.165) is 30.1 Å². The van der Waals surface area contributed by atoms with Gasteiger partial charge in [0.2, 0.25) is 0 Å². The van der Waals surface area contributed by atoms with Gasteiger partial charge in [-0.2, -0.15) is 0 Å². The van der Waals surface area contributed by atoms with E-state index in [9.17, 15) is 4.79 Å². The smallest absolute Gasteiger partial charge is 0.255 e. The van der Waals surface area contributed by atoms with Crippen LogP contribution < -0.4 is 10.1 Å². The molecule has 7 heteroatoms. The minimum Gasteiger partial charge on any atom is -0.489 e. The maximum absolute atomic E-state index is 12.8. The molecule has 0 unspecified atom stereocenters. The zero-order valence-corrected chi connectivity index (χ0v) is 16.1. The highest BCUT2D eigenvalue weighted by atomic mass is 16.5. The zero-order valence-electron chi connectivity index (χ0n) is 16.1. The lowest BCUT2D eigenvalue weighted by Gasteiger charge is -2.32. The van der Waals surface area contributed by atoms with Crippen LogP contribution in [-0.2, 0) is 6.54 Å². The SMILES string of the molecule is O=C(c1ccc(NCc2ccccn2)nc1)N1CCC(Oc2cccnc2)CC1. The van der Waals surface area contributed by atoms with Crippen LogP contribution in [0.3, 0.4) is 0 Å². The first kappa shape index (κ1) is 18.9. The fourth-order valence-corrected chi connectivity index (χ4v) is 3.28. The molecule has 0 atom stereocenters. The van der Waals surface area contributed by atoms with Crippen LogP contribution in [0.5, 0.6) is 5.75 Å². The summed E-state index contributed by atoms with van der Waals surface area (Å²) in [6, 6.07) is 13.2. The van der Waals surface area contributed by atoms with Crippen molar-refractivity contribution in [1.82, 2.24) is 19.9 Å². The number of hydrogen-bond acceptors (Lipinski definition) is 6. The van der Waals surface area contributed by atoms with Gasteiger partial charge in [-0.25, -0.2) is 4.98 Å². The summed E-state index contributed by atoms with van der Waals surface area (Å²) in [7, 11) is 0. The Labute approximate surface area is 169 Å². The maximum atomic E-state index is 12.8. The molecule has 1 fully saturated rings. The number of anilines is 1. The van der Waals surface area contributed by atoms with Crippen LogP contribution in [0.1, 0.15) is 28.9 Å². The third-order valence-electron chi connectivity index (χ3n) is 4.85. The van der Waals surface area contributed by atoms with Crippen molar-refractivity contribution in [2.75, 3.05) is 18.4 Å². The van der Waals surface area contributed by atoms with E-state index in [1.165, 1.54) is 0 Å². The summed E-state index contributed by atoms with van der Waals surface area (Å²) in [5, 5.41) is 3.22. The molecular weight excluding hydrogens is 366 g/mol. The van der Waals surface area contributed by atoms with Crippen molar-refractivity contribution >= 4 is 11.7 Å². The summed E-state index contributed by atoms with van der Waals surface area (Å²) >= 11 is 0. The first-order chi connectivity index (χ1) is 14.3. The molecule has 29 heavy (non-hydrogen) atoms. The number of hydrogen-bond donors (Lipinski definition) is 1. The van der Waals surface area contributed by atoms with Gasteiger partial charge in [-0.15, -0.1) is 0 Å². The molecule has 0 aliphatic carbocycles. The molecule has 3 aromatic rings. The summed E-state index contributed by atoms with van der Waals surface area (Å²) in [5.41, 5.74) is 1.53. The molecular formula is C22H23N5O2. The highest BCUT2D eigenvalue weighted by Crippen LogP contribution is 2.19. The summed E-state index contributed by atoms with van der Waals surface area (Å²) in [6.45, 7) is 1.93. The molecule has 4 rings (SSSR count). The van der Waals surface area contributed by atoms with Gasteiger partial charge in [0, 0.05) is 44.5 Å². The average molecular weight is 389 g/mol. The van der Waals surface area contributed by atoms with Gasteiger partial charge in [-0.1, -0.05) is 6.07 Å². The standard InChI is InChI=1S/C22H23N5O2/c28-22(27-12-8-19(9-13-27)29-20-5-3-10-23-16-20)17-6-7-21(25-14-17)26-15-18-4-1-2-11-24-18/h1-7,10-11,14,16,19H,8-9,12-13,15H2,(H,25,26). The van der Waals surface area contributed by atoms with E-state index < -0.39 is 0 Å². The van der Waals surface area contributed by atoms with Crippen molar-refractivity contribution in [3.05, 3.63) is 78.5 Å². The van der Waals surface area contributed by atoms with E-state index in [1.807, 2.05) is 47.4 Å². The minimum atomic E-state index is 0.00797. The van der Waals surface area contributed by atoms with Crippen molar-refractivity contribution in [2.24, 2.45) is 0 Å². The van der Waals surface area contributed by atoms with Gasteiger partial charge in [-0.3, -0.25) is 14.8 Å². The Morgan fingerprint density at radius 1 is 1.03 bits per heavy atom. The van der Waals surface area contributed by atoms with Gasteiger partial charge < -0.3 is 15.0 Å². The number of likely N-dealkylation sites (tertiary alicyclic amines) is 1. The maximum Gasteiger partial charge on any atom is 0.255 e. The molecule has 0 radical (unpaired) electrons. The molecule has 1 amide bonds.